The molecule has 0 aromatic carbocycles. The standard InChI is InChI=1S/C8H16N2O/c1-5-7(11)10-8(4,9)6(2)3/h5-6H,1,9H2,2-4H3,(H,10,11). The van der Waals surface area contributed by atoms with Crippen LogP contribution < -0.4 is 11.1 Å². The largest absolute Gasteiger partial charge is 0.335 e. The van der Waals surface area contributed by atoms with Crippen molar-refractivity contribution in [3.8, 4) is 0 Å². The minimum atomic E-state index is -0.648. The summed E-state index contributed by atoms with van der Waals surface area (Å²) in [6.45, 7) is 9.01. The second-order valence-electron chi connectivity index (χ2n) is 3.13. The van der Waals surface area contributed by atoms with E-state index in [1.165, 1.54) is 6.08 Å². The highest BCUT2D eigenvalue weighted by Gasteiger charge is 2.23. The molecule has 0 aromatic heterocycles. The Labute approximate surface area is 67.7 Å². The number of carbonyl (C=O) groups is 1. The lowest BCUT2D eigenvalue weighted by Crippen LogP contribution is -2.56. The minimum Gasteiger partial charge on any atom is -0.335 e. The maximum Gasteiger partial charge on any atom is 0.244 e. The van der Waals surface area contributed by atoms with Gasteiger partial charge in [0, 0.05) is 0 Å². The zero-order valence-electron chi connectivity index (χ0n) is 7.35. The highest BCUT2D eigenvalue weighted by Crippen LogP contribution is 2.08. The van der Waals surface area contributed by atoms with E-state index in [2.05, 4.69) is 11.9 Å². The zero-order valence-corrected chi connectivity index (χ0v) is 7.35. The molecule has 1 atom stereocenters. The monoisotopic (exact) mass is 156 g/mol. The van der Waals surface area contributed by atoms with Crippen LogP contribution in [0.2, 0.25) is 0 Å². The van der Waals surface area contributed by atoms with Gasteiger partial charge in [-0.1, -0.05) is 20.4 Å². The Morgan fingerprint density at radius 3 is 2.45 bits per heavy atom. The molecule has 0 aliphatic rings. The van der Waals surface area contributed by atoms with E-state index in [0.29, 0.717) is 0 Å². The van der Waals surface area contributed by atoms with E-state index >= 15 is 0 Å². The van der Waals surface area contributed by atoms with Crippen LogP contribution in [-0.2, 0) is 4.79 Å². The first-order chi connectivity index (χ1) is 4.90. The van der Waals surface area contributed by atoms with Gasteiger partial charge in [-0.25, -0.2) is 0 Å². The maximum absolute atomic E-state index is 10.8. The van der Waals surface area contributed by atoms with E-state index in [4.69, 9.17) is 5.73 Å². The van der Waals surface area contributed by atoms with E-state index in [9.17, 15) is 4.79 Å². The molecule has 11 heavy (non-hydrogen) atoms. The first-order valence-electron chi connectivity index (χ1n) is 3.63. The quantitative estimate of drug-likeness (QED) is 0.465. The van der Waals surface area contributed by atoms with Gasteiger partial charge in [-0.05, 0) is 18.9 Å². The Hall–Kier alpha value is -0.830. The summed E-state index contributed by atoms with van der Waals surface area (Å²) in [4.78, 5) is 10.8. The van der Waals surface area contributed by atoms with Gasteiger partial charge < -0.3 is 11.1 Å². The van der Waals surface area contributed by atoms with Crippen LogP contribution in [-0.4, -0.2) is 11.6 Å². The van der Waals surface area contributed by atoms with E-state index in [-0.39, 0.29) is 11.8 Å². The van der Waals surface area contributed by atoms with E-state index < -0.39 is 5.66 Å². The van der Waals surface area contributed by atoms with Crippen molar-refractivity contribution in [2.45, 2.75) is 26.4 Å². The summed E-state index contributed by atoms with van der Waals surface area (Å²) in [5, 5.41) is 2.63. The molecule has 0 saturated heterocycles. The third kappa shape index (κ3) is 3.18. The van der Waals surface area contributed by atoms with Gasteiger partial charge in [0.25, 0.3) is 0 Å². The molecule has 0 saturated carbocycles. The predicted octanol–water partition coefficient (Wildman–Crippen LogP) is 0.619. The Kier molecular flexibility index (Phi) is 3.26. The molecule has 0 rings (SSSR count). The van der Waals surface area contributed by atoms with E-state index in [1.54, 1.807) is 6.92 Å². The van der Waals surface area contributed by atoms with Gasteiger partial charge in [0.15, 0.2) is 0 Å². The van der Waals surface area contributed by atoms with Crippen LogP contribution in [0.25, 0.3) is 0 Å². The van der Waals surface area contributed by atoms with Crippen LogP contribution in [0, 0.1) is 5.92 Å². The average Bonchev–Trinajstić information content (AvgIpc) is 1.86. The second-order valence-corrected chi connectivity index (χ2v) is 3.13. The average molecular weight is 156 g/mol. The van der Waals surface area contributed by atoms with Crippen molar-refractivity contribution < 1.29 is 4.79 Å². The highest BCUT2D eigenvalue weighted by atomic mass is 16.1. The van der Waals surface area contributed by atoms with Crippen LogP contribution in [0.5, 0.6) is 0 Å². The van der Waals surface area contributed by atoms with Gasteiger partial charge >= 0.3 is 0 Å². The summed E-state index contributed by atoms with van der Waals surface area (Å²) in [5.41, 5.74) is 5.11. The fourth-order valence-electron chi connectivity index (χ4n) is 0.461. The Morgan fingerprint density at radius 1 is 1.73 bits per heavy atom. The second kappa shape index (κ2) is 3.53. The third-order valence-electron chi connectivity index (χ3n) is 1.78. The number of amides is 1. The minimum absolute atomic E-state index is 0.200. The summed E-state index contributed by atoms with van der Waals surface area (Å²) in [7, 11) is 0. The molecule has 1 amide bonds. The Morgan fingerprint density at radius 2 is 2.18 bits per heavy atom. The molecule has 0 bridgehead atoms. The lowest BCUT2D eigenvalue weighted by molar-refractivity contribution is -0.118. The van der Waals surface area contributed by atoms with Crippen molar-refractivity contribution >= 4 is 5.91 Å². The molecule has 64 valence electrons. The molecule has 3 heteroatoms. The van der Waals surface area contributed by atoms with Crippen molar-refractivity contribution in [1.82, 2.24) is 5.32 Å². The van der Waals surface area contributed by atoms with Gasteiger partial charge in [0.2, 0.25) is 5.91 Å². The summed E-state index contributed by atoms with van der Waals surface area (Å²) < 4.78 is 0. The van der Waals surface area contributed by atoms with Gasteiger partial charge in [-0.15, -0.1) is 0 Å². The number of hydrogen-bond donors (Lipinski definition) is 2. The molecule has 1 unspecified atom stereocenters. The molecular weight excluding hydrogens is 140 g/mol. The molecule has 0 aliphatic carbocycles. The Bertz CT molecular complexity index is 161. The number of nitrogens with two attached hydrogens (primary N) is 1. The normalized spacial score (nSPS) is 15.7. The smallest absolute Gasteiger partial charge is 0.244 e. The lowest BCUT2D eigenvalue weighted by Gasteiger charge is -2.29. The number of nitrogens with one attached hydrogen (secondary N) is 1. The molecule has 3 nitrogen and oxygen atoms in total. The van der Waals surface area contributed by atoms with Crippen molar-refractivity contribution in [2.24, 2.45) is 11.7 Å². The summed E-state index contributed by atoms with van der Waals surface area (Å²) in [6, 6.07) is 0. The fourth-order valence-corrected chi connectivity index (χ4v) is 0.461. The van der Waals surface area contributed by atoms with Crippen molar-refractivity contribution in [1.29, 1.82) is 0 Å². The molecule has 0 spiro atoms. The third-order valence-corrected chi connectivity index (χ3v) is 1.78. The lowest BCUT2D eigenvalue weighted by atomic mass is 9.99. The first kappa shape index (κ1) is 10.2. The topological polar surface area (TPSA) is 55.1 Å². The molecule has 0 fully saturated rings. The van der Waals surface area contributed by atoms with Gasteiger partial charge in [0.1, 0.15) is 0 Å². The fraction of sp³-hybridized carbons (Fsp3) is 0.625. The summed E-state index contributed by atoms with van der Waals surface area (Å²) in [6.07, 6.45) is 1.22. The van der Waals surface area contributed by atoms with Crippen LogP contribution in [0.3, 0.4) is 0 Å². The van der Waals surface area contributed by atoms with Crippen LogP contribution >= 0.6 is 0 Å². The SMILES string of the molecule is C=CC(=O)NC(C)(N)C(C)C. The van der Waals surface area contributed by atoms with Crippen LogP contribution in [0.15, 0.2) is 12.7 Å². The summed E-state index contributed by atoms with van der Waals surface area (Å²) >= 11 is 0. The number of hydrogen-bond acceptors (Lipinski definition) is 2. The van der Waals surface area contributed by atoms with Gasteiger partial charge in [-0.2, -0.15) is 0 Å². The molecule has 3 N–H and O–H groups in total. The molecule has 0 heterocycles. The Balaban J connectivity index is 4.11. The summed E-state index contributed by atoms with van der Waals surface area (Å²) in [5.74, 6) is -0.0323. The van der Waals surface area contributed by atoms with Crippen LogP contribution in [0.1, 0.15) is 20.8 Å². The zero-order chi connectivity index (χ0) is 9.07. The molecule has 0 aromatic rings. The predicted molar refractivity (Wildman–Crippen MR) is 45.8 cm³/mol. The molecular formula is C8H16N2O. The van der Waals surface area contributed by atoms with Crippen molar-refractivity contribution in [3.05, 3.63) is 12.7 Å². The molecule has 0 radical (unpaired) electrons. The van der Waals surface area contributed by atoms with Crippen molar-refractivity contribution in [2.75, 3.05) is 0 Å². The highest BCUT2D eigenvalue weighted by molar-refractivity contribution is 5.87. The molecule has 0 aliphatic heterocycles. The van der Waals surface area contributed by atoms with Gasteiger partial charge in [0.05, 0.1) is 5.66 Å². The maximum atomic E-state index is 10.8. The van der Waals surface area contributed by atoms with Crippen LogP contribution in [0.4, 0.5) is 0 Å². The van der Waals surface area contributed by atoms with Gasteiger partial charge in [-0.3, -0.25) is 4.79 Å². The van der Waals surface area contributed by atoms with Crippen molar-refractivity contribution in [3.63, 3.8) is 0 Å². The number of rotatable bonds is 3. The first-order valence-corrected chi connectivity index (χ1v) is 3.63. The number of carbonyl (C=O) groups excluding carboxylic acids is 1. The van der Waals surface area contributed by atoms with E-state index in [0.717, 1.165) is 0 Å². The van der Waals surface area contributed by atoms with E-state index in [1.807, 2.05) is 13.8 Å².